The minimum absolute atomic E-state index is 0.115. The Labute approximate surface area is 128 Å². The van der Waals surface area contributed by atoms with Gasteiger partial charge in [-0.05, 0) is 42.9 Å². The summed E-state index contributed by atoms with van der Waals surface area (Å²) in [4.78, 5) is 0. The Morgan fingerprint density at radius 1 is 1.29 bits per heavy atom. The van der Waals surface area contributed by atoms with Gasteiger partial charge in [-0.1, -0.05) is 26.2 Å². The largest absolute Gasteiger partial charge is 0.497 e. The van der Waals surface area contributed by atoms with Crippen molar-refractivity contribution in [2.75, 3.05) is 14.2 Å². The summed E-state index contributed by atoms with van der Waals surface area (Å²) in [5.41, 5.74) is 4.12. The predicted octanol–water partition coefficient (Wildman–Crippen LogP) is 3.42. The van der Waals surface area contributed by atoms with E-state index in [1.165, 1.54) is 32.1 Å². The molecule has 0 aliphatic heterocycles. The van der Waals surface area contributed by atoms with Crippen molar-refractivity contribution in [2.24, 2.45) is 17.7 Å². The van der Waals surface area contributed by atoms with Gasteiger partial charge in [-0.15, -0.1) is 0 Å². The van der Waals surface area contributed by atoms with Gasteiger partial charge in [0.05, 0.1) is 20.3 Å². The van der Waals surface area contributed by atoms with Crippen LogP contribution in [-0.2, 0) is 0 Å². The van der Waals surface area contributed by atoms with Gasteiger partial charge in [0.25, 0.3) is 0 Å². The average Bonchev–Trinajstić information content (AvgIpc) is 2.55. The second kappa shape index (κ2) is 7.66. The topological polar surface area (TPSA) is 56.5 Å². The highest BCUT2D eigenvalue weighted by atomic mass is 16.5. The lowest BCUT2D eigenvalue weighted by molar-refractivity contribution is 0.207. The van der Waals surface area contributed by atoms with Crippen LogP contribution in [0.4, 0.5) is 0 Å². The predicted molar refractivity (Wildman–Crippen MR) is 85.3 cm³/mol. The number of methoxy groups -OCH3 is 2. The van der Waals surface area contributed by atoms with E-state index in [0.717, 1.165) is 23.0 Å². The fraction of sp³-hybridized carbons (Fsp3) is 0.647. The van der Waals surface area contributed by atoms with Crippen molar-refractivity contribution >= 4 is 0 Å². The number of hydrogen-bond donors (Lipinski definition) is 2. The van der Waals surface area contributed by atoms with Crippen molar-refractivity contribution in [1.29, 1.82) is 0 Å². The highest BCUT2D eigenvalue weighted by Gasteiger charge is 2.30. The first-order valence-electron chi connectivity index (χ1n) is 7.91. The van der Waals surface area contributed by atoms with Crippen molar-refractivity contribution in [3.63, 3.8) is 0 Å². The van der Waals surface area contributed by atoms with Crippen molar-refractivity contribution in [3.05, 3.63) is 23.8 Å². The zero-order valence-electron chi connectivity index (χ0n) is 13.4. The molecule has 1 fully saturated rings. The van der Waals surface area contributed by atoms with E-state index in [1.54, 1.807) is 14.2 Å². The molecule has 2 rings (SSSR count). The summed E-state index contributed by atoms with van der Waals surface area (Å²) < 4.78 is 10.9. The fourth-order valence-corrected chi connectivity index (χ4v) is 3.57. The first-order chi connectivity index (χ1) is 10.2. The van der Waals surface area contributed by atoms with Crippen LogP contribution >= 0.6 is 0 Å². The molecule has 0 radical (unpaired) electrons. The zero-order valence-corrected chi connectivity index (χ0v) is 13.4. The lowest BCUT2D eigenvalue weighted by Gasteiger charge is -2.34. The van der Waals surface area contributed by atoms with Gasteiger partial charge in [-0.3, -0.25) is 11.3 Å². The number of nitrogens with one attached hydrogen (secondary N) is 1. The minimum Gasteiger partial charge on any atom is -0.497 e. The summed E-state index contributed by atoms with van der Waals surface area (Å²) in [6, 6.07) is 6.04. The Balaban J connectivity index is 2.27. The van der Waals surface area contributed by atoms with Gasteiger partial charge in [0.15, 0.2) is 0 Å². The number of benzene rings is 1. The maximum absolute atomic E-state index is 5.89. The maximum Gasteiger partial charge on any atom is 0.123 e. The van der Waals surface area contributed by atoms with Crippen LogP contribution < -0.4 is 20.7 Å². The average molecular weight is 292 g/mol. The van der Waals surface area contributed by atoms with Crippen LogP contribution in [0.3, 0.4) is 0 Å². The first kappa shape index (κ1) is 16.1. The molecule has 118 valence electrons. The molecule has 3 unspecified atom stereocenters. The van der Waals surface area contributed by atoms with E-state index in [4.69, 9.17) is 15.3 Å². The Kier molecular flexibility index (Phi) is 5.88. The molecule has 21 heavy (non-hydrogen) atoms. The van der Waals surface area contributed by atoms with Crippen LogP contribution in [0.25, 0.3) is 0 Å². The van der Waals surface area contributed by atoms with E-state index >= 15 is 0 Å². The molecule has 1 aliphatic carbocycles. The van der Waals surface area contributed by atoms with Crippen molar-refractivity contribution in [2.45, 2.75) is 45.1 Å². The van der Waals surface area contributed by atoms with Gasteiger partial charge in [0.2, 0.25) is 0 Å². The van der Waals surface area contributed by atoms with Crippen LogP contribution in [0.2, 0.25) is 0 Å². The van der Waals surface area contributed by atoms with Crippen molar-refractivity contribution in [3.8, 4) is 11.5 Å². The SMILES string of the molecule is CCC1CCCC(C(NN)c2cc(OC)ccc2OC)C1. The molecule has 4 heteroatoms. The Bertz CT molecular complexity index is 450. The van der Waals surface area contributed by atoms with E-state index in [2.05, 4.69) is 12.3 Å². The molecular weight excluding hydrogens is 264 g/mol. The molecule has 0 bridgehead atoms. The van der Waals surface area contributed by atoms with Crippen LogP contribution in [0.1, 0.15) is 50.6 Å². The molecule has 0 saturated heterocycles. The van der Waals surface area contributed by atoms with Gasteiger partial charge >= 0.3 is 0 Å². The lowest BCUT2D eigenvalue weighted by atomic mass is 9.75. The smallest absolute Gasteiger partial charge is 0.123 e. The lowest BCUT2D eigenvalue weighted by Crippen LogP contribution is -2.36. The second-order valence-corrected chi connectivity index (χ2v) is 5.95. The van der Waals surface area contributed by atoms with Gasteiger partial charge in [-0.2, -0.15) is 0 Å². The van der Waals surface area contributed by atoms with Gasteiger partial charge < -0.3 is 9.47 Å². The quantitative estimate of drug-likeness (QED) is 0.623. The highest BCUT2D eigenvalue weighted by molar-refractivity contribution is 5.42. The first-order valence-corrected chi connectivity index (χ1v) is 7.91. The molecule has 4 nitrogen and oxygen atoms in total. The summed E-state index contributed by atoms with van der Waals surface area (Å²) >= 11 is 0. The third-order valence-electron chi connectivity index (χ3n) is 4.82. The number of hydrogen-bond acceptors (Lipinski definition) is 4. The maximum atomic E-state index is 5.89. The van der Waals surface area contributed by atoms with Crippen LogP contribution in [0.15, 0.2) is 18.2 Å². The minimum atomic E-state index is 0.115. The number of hydrazine groups is 1. The molecule has 0 spiro atoms. The van der Waals surface area contributed by atoms with Crippen LogP contribution in [-0.4, -0.2) is 14.2 Å². The summed E-state index contributed by atoms with van der Waals surface area (Å²) in [5.74, 6) is 8.97. The van der Waals surface area contributed by atoms with Gasteiger partial charge in [0.1, 0.15) is 11.5 Å². The van der Waals surface area contributed by atoms with Crippen LogP contribution in [0, 0.1) is 11.8 Å². The van der Waals surface area contributed by atoms with E-state index in [1.807, 2.05) is 18.2 Å². The third kappa shape index (κ3) is 3.69. The zero-order chi connectivity index (χ0) is 15.2. The van der Waals surface area contributed by atoms with Crippen molar-refractivity contribution < 1.29 is 9.47 Å². The van der Waals surface area contributed by atoms with Crippen LogP contribution in [0.5, 0.6) is 11.5 Å². The summed E-state index contributed by atoms with van der Waals surface area (Å²) in [6.07, 6.45) is 6.33. The Hall–Kier alpha value is -1.26. The standard InChI is InChI=1S/C17H28N2O2/c1-4-12-6-5-7-13(10-12)17(19-18)15-11-14(20-2)8-9-16(15)21-3/h8-9,11-13,17,19H,4-7,10,18H2,1-3H3. The normalized spacial score (nSPS) is 23.6. The molecule has 1 aromatic carbocycles. The summed E-state index contributed by atoms with van der Waals surface area (Å²) in [5, 5.41) is 0. The number of ether oxygens (including phenoxy) is 2. The molecule has 3 N–H and O–H groups in total. The molecule has 0 aromatic heterocycles. The monoisotopic (exact) mass is 292 g/mol. The number of rotatable bonds is 6. The summed E-state index contributed by atoms with van der Waals surface area (Å²) in [7, 11) is 3.39. The molecule has 3 atom stereocenters. The molecule has 1 aliphatic rings. The van der Waals surface area contributed by atoms with Crippen molar-refractivity contribution in [1.82, 2.24) is 5.43 Å². The molecule has 1 aromatic rings. The Morgan fingerprint density at radius 3 is 2.71 bits per heavy atom. The van der Waals surface area contributed by atoms with Gasteiger partial charge in [0, 0.05) is 5.56 Å². The molecule has 0 amide bonds. The highest BCUT2D eigenvalue weighted by Crippen LogP contribution is 2.41. The molecule has 1 saturated carbocycles. The molecular formula is C17H28N2O2. The third-order valence-corrected chi connectivity index (χ3v) is 4.82. The van der Waals surface area contributed by atoms with Gasteiger partial charge in [-0.25, -0.2) is 0 Å². The summed E-state index contributed by atoms with van der Waals surface area (Å²) in [6.45, 7) is 2.28. The molecule has 0 heterocycles. The fourth-order valence-electron chi connectivity index (χ4n) is 3.57. The van der Waals surface area contributed by atoms with E-state index in [0.29, 0.717) is 5.92 Å². The van der Waals surface area contributed by atoms with E-state index in [9.17, 15) is 0 Å². The number of nitrogens with two attached hydrogens (primary N) is 1. The second-order valence-electron chi connectivity index (χ2n) is 5.95. The van der Waals surface area contributed by atoms with E-state index in [-0.39, 0.29) is 6.04 Å². The Morgan fingerprint density at radius 2 is 2.10 bits per heavy atom. The van der Waals surface area contributed by atoms with E-state index < -0.39 is 0 Å².